The Hall–Kier alpha value is -1.04. The molecule has 1 aliphatic heterocycles. The van der Waals surface area contributed by atoms with Gasteiger partial charge in [-0.2, -0.15) is 0 Å². The lowest BCUT2D eigenvalue weighted by molar-refractivity contribution is 0.00578. The van der Waals surface area contributed by atoms with Crippen LogP contribution in [0.5, 0.6) is 5.75 Å². The number of aryl methyl sites for hydroxylation is 2. The Bertz CT molecular complexity index is 503. The number of ether oxygens (including phenoxy) is 1. The lowest BCUT2D eigenvalue weighted by Gasteiger charge is -2.32. The summed E-state index contributed by atoms with van der Waals surface area (Å²) < 4.78 is 17.5. The van der Waals surface area contributed by atoms with Crippen molar-refractivity contribution in [3.63, 3.8) is 0 Å². The molecule has 116 valence electrons. The van der Waals surface area contributed by atoms with Crippen molar-refractivity contribution in [2.75, 3.05) is 7.11 Å². The van der Waals surface area contributed by atoms with Crippen molar-refractivity contribution >= 4 is 7.12 Å². The van der Waals surface area contributed by atoms with Crippen molar-refractivity contribution < 1.29 is 14.0 Å². The molecule has 0 spiro atoms. The third kappa shape index (κ3) is 2.82. The molecule has 0 aromatic heterocycles. The molecule has 1 atom stereocenters. The second-order valence-electron chi connectivity index (χ2n) is 6.84. The number of hydrogen-bond donors (Lipinski definition) is 1. The van der Waals surface area contributed by atoms with Gasteiger partial charge in [0.25, 0.3) is 0 Å². The molecule has 4 nitrogen and oxygen atoms in total. The van der Waals surface area contributed by atoms with Crippen molar-refractivity contribution in [3.05, 3.63) is 28.8 Å². The van der Waals surface area contributed by atoms with Gasteiger partial charge in [-0.3, -0.25) is 0 Å². The summed E-state index contributed by atoms with van der Waals surface area (Å²) in [6, 6.07) is 4.09. The first kappa shape index (κ1) is 16.3. The van der Waals surface area contributed by atoms with Crippen LogP contribution in [-0.4, -0.2) is 25.4 Å². The predicted octanol–water partition coefficient (Wildman–Crippen LogP) is 2.94. The van der Waals surface area contributed by atoms with Crippen LogP contribution in [0, 0.1) is 13.8 Å². The number of methoxy groups -OCH3 is 1. The van der Waals surface area contributed by atoms with Gasteiger partial charge in [-0.15, -0.1) is 0 Å². The molecule has 5 heteroatoms. The Morgan fingerprint density at radius 1 is 1.05 bits per heavy atom. The first-order valence-electron chi connectivity index (χ1n) is 7.35. The maximum atomic E-state index is 6.38. The number of nitrogens with two attached hydrogens (primary N) is 1. The summed E-state index contributed by atoms with van der Waals surface area (Å²) in [5.41, 5.74) is 8.78. The van der Waals surface area contributed by atoms with E-state index in [-0.39, 0.29) is 17.1 Å². The van der Waals surface area contributed by atoms with E-state index >= 15 is 0 Å². The van der Waals surface area contributed by atoms with Gasteiger partial charge in [0.05, 0.1) is 24.3 Å². The van der Waals surface area contributed by atoms with Gasteiger partial charge in [0.1, 0.15) is 5.75 Å². The highest BCUT2D eigenvalue weighted by Crippen LogP contribution is 2.40. The summed E-state index contributed by atoms with van der Waals surface area (Å²) in [6.45, 7) is 12.2. The van der Waals surface area contributed by atoms with E-state index in [9.17, 15) is 0 Å². The summed E-state index contributed by atoms with van der Waals surface area (Å²) >= 11 is 0. The van der Waals surface area contributed by atoms with E-state index in [0.717, 1.165) is 22.4 Å². The third-order valence-corrected chi connectivity index (χ3v) is 4.64. The molecular formula is C16H26BNO3. The second kappa shape index (κ2) is 5.31. The molecule has 2 N–H and O–H groups in total. The van der Waals surface area contributed by atoms with Crippen molar-refractivity contribution in [3.8, 4) is 5.75 Å². The van der Waals surface area contributed by atoms with E-state index in [4.69, 9.17) is 19.8 Å². The van der Waals surface area contributed by atoms with Crippen LogP contribution in [0.3, 0.4) is 0 Å². The zero-order valence-corrected chi connectivity index (χ0v) is 14.1. The minimum atomic E-state index is -0.442. The van der Waals surface area contributed by atoms with Crippen molar-refractivity contribution in [2.45, 2.75) is 58.7 Å². The average molecular weight is 291 g/mol. The Labute approximate surface area is 128 Å². The molecule has 1 aromatic carbocycles. The van der Waals surface area contributed by atoms with Gasteiger partial charge in [-0.1, -0.05) is 12.1 Å². The Morgan fingerprint density at radius 2 is 1.48 bits per heavy atom. The molecule has 0 amide bonds. The van der Waals surface area contributed by atoms with Crippen molar-refractivity contribution in [1.82, 2.24) is 0 Å². The fourth-order valence-corrected chi connectivity index (χ4v) is 2.69. The van der Waals surface area contributed by atoms with E-state index < -0.39 is 7.12 Å². The maximum absolute atomic E-state index is 6.38. The zero-order chi connectivity index (χ0) is 16.0. The largest absolute Gasteiger partial charge is 0.496 e. The molecule has 1 aliphatic rings. The lowest BCUT2D eigenvalue weighted by Crippen LogP contribution is -2.41. The molecule has 0 bridgehead atoms. The highest BCUT2D eigenvalue weighted by atomic mass is 16.7. The summed E-state index contributed by atoms with van der Waals surface area (Å²) in [5, 5.41) is 0. The van der Waals surface area contributed by atoms with Crippen LogP contribution in [0.25, 0.3) is 0 Å². The van der Waals surface area contributed by atoms with Crippen molar-refractivity contribution in [2.24, 2.45) is 5.73 Å². The van der Waals surface area contributed by atoms with Crippen LogP contribution >= 0.6 is 0 Å². The maximum Gasteiger partial charge on any atom is 0.480 e. The molecule has 2 rings (SSSR count). The van der Waals surface area contributed by atoms with E-state index in [1.54, 1.807) is 7.11 Å². The molecule has 0 saturated carbocycles. The average Bonchev–Trinajstić information content (AvgIpc) is 2.57. The lowest BCUT2D eigenvalue weighted by atomic mass is 9.74. The van der Waals surface area contributed by atoms with Crippen LogP contribution in [0.4, 0.5) is 0 Å². The topological polar surface area (TPSA) is 53.7 Å². The molecule has 0 aliphatic carbocycles. The van der Waals surface area contributed by atoms with E-state index in [1.807, 2.05) is 53.7 Å². The van der Waals surface area contributed by atoms with Crippen LogP contribution in [0.2, 0.25) is 0 Å². The number of benzene rings is 1. The molecule has 0 unspecified atom stereocenters. The highest BCUT2D eigenvalue weighted by molar-refractivity contribution is 6.47. The van der Waals surface area contributed by atoms with Crippen LogP contribution < -0.4 is 10.5 Å². The molecule has 1 saturated heterocycles. The van der Waals surface area contributed by atoms with Gasteiger partial charge in [0.2, 0.25) is 0 Å². The first-order chi connectivity index (χ1) is 9.59. The number of rotatable bonds is 3. The predicted molar refractivity (Wildman–Crippen MR) is 85.5 cm³/mol. The smallest absolute Gasteiger partial charge is 0.480 e. The normalized spacial score (nSPS) is 21.4. The van der Waals surface area contributed by atoms with Gasteiger partial charge in [0, 0.05) is 0 Å². The minimum Gasteiger partial charge on any atom is -0.496 e. The molecule has 1 heterocycles. The fourth-order valence-electron chi connectivity index (χ4n) is 2.69. The second-order valence-corrected chi connectivity index (χ2v) is 6.84. The Morgan fingerprint density at radius 3 is 1.86 bits per heavy atom. The van der Waals surface area contributed by atoms with E-state index in [0.29, 0.717) is 0 Å². The van der Waals surface area contributed by atoms with Crippen LogP contribution in [-0.2, 0) is 9.31 Å². The van der Waals surface area contributed by atoms with Crippen molar-refractivity contribution in [1.29, 1.82) is 0 Å². The SMILES string of the molecule is COc1c(C)cc([C@@H](N)B2OC(C)(C)C(C)(C)O2)cc1C. The van der Waals surface area contributed by atoms with E-state index in [2.05, 4.69) is 0 Å². The Kier molecular flexibility index (Phi) is 4.13. The monoisotopic (exact) mass is 291 g/mol. The summed E-state index contributed by atoms with van der Waals surface area (Å²) in [5.74, 6) is 0.578. The molecule has 1 aromatic rings. The summed E-state index contributed by atoms with van der Waals surface area (Å²) in [4.78, 5) is 0. The van der Waals surface area contributed by atoms with Gasteiger partial charge >= 0.3 is 7.12 Å². The van der Waals surface area contributed by atoms with Crippen LogP contribution in [0.1, 0.15) is 50.3 Å². The van der Waals surface area contributed by atoms with Gasteiger partial charge in [-0.05, 0) is 58.2 Å². The number of hydrogen-bond acceptors (Lipinski definition) is 4. The fraction of sp³-hybridized carbons (Fsp3) is 0.625. The third-order valence-electron chi connectivity index (χ3n) is 4.64. The van der Waals surface area contributed by atoms with Crippen LogP contribution in [0.15, 0.2) is 12.1 Å². The molecular weight excluding hydrogens is 265 g/mol. The standard InChI is InChI=1S/C16H26BNO3/c1-10-8-12(9-11(2)13(10)19-7)14(18)17-20-15(3,4)16(5,6)21-17/h8-9,14H,18H2,1-7H3/t14-/m1/s1. The van der Waals surface area contributed by atoms with Gasteiger partial charge in [0.15, 0.2) is 0 Å². The van der Waals surface area contributed by atoms with E-state index in [1.165, 1.54) is 0 Å². The summed E-state index contributed by atoms with van der Waals surface area (Å²) in [6.07, 6.45) is 0. The molecule has 0 radical (unpaired) electrons. The minimum absolute atomic E-state index is 0.325. The highest BCUT2D eigenvalue weighted by Gasteiger charge is 2.53. The Balaban J connectivity index is 2.28. The zero-order valence-electron chi connectivity index (χ0n) is 14.1. The first-order valence-corrected chi connectivity index (χ1v) is 7.35. The summed E-state index contributed by atoms with van der Waals surface area (Å²) in [7, 11) is 1.24. The molecule has 1 fully saturated rings. The van der Waals surface area contributed by atoms with Gasteiger partial charge < -0.3 is 19.8 Å². The molecule has 21 heavy (non-hydrogen) atoms. The quantitative estimate of drug-likeness (QED) is 0.870. The van der Waals surface area contributed by atoms with Gasteiger partial charge in [-0.25, -0.2) is 0 Å².